The summed E-state index contributed by atoms with van der Waals surface area (Å²) in [5.74, 6) is -1.17. The summed E-state index contributed by atoms with van der Waals surface area (Å²) < 4.78 is 4.71. The molecule has 1 aromatic rings. The van der Waals surface area contributed by atoms with Gasteiger partial charge >= 0.3 is 5.97 Å². The molecule has 0 aliphatic carbocycles. The van der Waals surface area contributed by atoms with Crippen LogP contribution in [0.2, 0.25) is 10.0 Å². The van der Waals surface area contributed by atoms with Crippen molar-refractivity contribution >= 4 is 29.2 Å². The summed E-state index contributed by atoms with van der Waals surface area (Å²) in [4.78, 5) is 11.7. The van der Waals surface area contributed by atoms with Crippen LogP contribution in [0, 0.1) is 5.92 Å². The molecule has 2 unspecified atom stereocenters. The topological polar surface area (TPSA) is 46.5 Å². The molecule has 0 amide bonds. The Bertz CT molecular complexity index is 444. The molecule has 0 fully saturated rings. The molecule has 0 radical (unpaired) electrons. The third-order valence-electron chi connectivity index (χ3n) is 3.05. The third-order valence-corrected chi connectivity index (χ3v) is 3.61. The first-order chi connectivity index (χ1) is 8.34. The first-order valence-corrected chi connectivity index (χ1v) is 6.35. The monoisotopic (exact) mass is 290 g/mol. The molecule has 0 saturated heterocycles. The molecule has 0 heterocycles. The zero-order valence-electron chi connectivity index (χ0n) is 10.5. The van der Waals surface area contributed by atoms with Gasteiger partial charge in [0.25, 0.3) is 0 Å². The normalized spacial score (nSPS) is 15.9. The zero-order valence-corrected chi connectivity index (χ0v) is 12.0. The van der Waals surface area contributed by atoms with Crippen molar-refractivity contribution in [1.29, 1.82) is 0 Å². The molecule has 1 aromatic carbocycles. The lowest BCUT2D eigenvalue weighted by molar-refractivity contribution is -0.155. The van der Waals surface area contributed by atoms with Gasteiger partial charge in [-0.15, -0.1) is 0 Å². The number of halogens is 2. The van der Waals surface area contributed by atoms with Gasteiger partial charge in [0.2, 0.25) is 0 Å². The Morgan fingerprint density at radius 2 is 2.11 bits per heavy atom. The number of rotatable bonds is 4. The van der Waals surface area contributed by atoms with Crippen LogP contribution in [0.5, 0.6) is 0 Å². The number of carbonyl (C=O) groups excluding carboxylic acids is 1. The molecule has 5 heteroatoms. The summed E-state index contributed by atoms with van der Waals surface area (Å²) in [7, 11) is 1.29. The molecule has 0 aromatic heterocycles. The van der Waals surface area contributed by atoms with Gasteiger partial charge < -0.3 is 9.84 Å². The molecule has 3 nitrogen and oxygen atoms in total. The largest absolute Gasteiger partial charge is 0.469 e. The number of methoxy groups -OCH3 is 1. The SMILES string of the molecule is CCC(C(=O)OC)C(C)(O)c1cc(Cl)ccc1Cl. The molecular weight excluding hydrogens is 275 g/mol. The Labute approximate surface area is 117 Å². The second-order valence-corrected chi connectivity index (χ2v) is 5.10. The van der Waals surface area contributed by atoms with E-state index in [4.69, 9.17) is 27.9 Å². The van der Waals surface area contributed by atoms with Crippen molar-refractivity contribution in [3.63, 3.8) is 0 Å². The van der Waals surface area contributed by atoms with E-state index in [9.17, 15) is 9.90 Å². The summed E-state index contributed by atoms with van der Waals surface area (Å²) in [6.07, 6.45) is 0.433. The Morgan fingerprint density at radius 1 is 1.50 bits per heavy atom. The highest BCUT2D eigenvalue weighted by molar-refractivity contribution is 6.33. The molecule has 1 rings (SSSR count). The van der Waals surface area contributed by atoms with E-state index in [2.05, 4.69) is 0 Å². The fourth-order valence-corrected chi connectivity index (χ4v) is 2.49. The highest BCUT2D eigenvalue weighted by atomic mass is 35.5. The summed E-state index contributed by atoms with van der Waals surface area (Å²) >= 11 is 12.0. The van der Waals surface area contributed by atoms with E-state index in [1.54, 1.807) is 25.1 Å². The number of benzene rings is 1. The Kier molecular flexibility index (Phi) is 5.02. The molecule has 0 aliphatic rings. The van der Waals surface area contributed by atoms with Gasteiger partial charge in [0.05, 0.1) is 13.0 Å². The van der Waals surface area contributed by atoms with Crippen LogP contribution in [0.15, 0.2) is 18.2 Å². The molecule has 0 saturated carbocycles. The van der Waals surface area contributed by atoms with E-state index >= 15 is 0 Å². The minimum atomic E-state index is -1.43. The smallest absolute Gasteiger partial charge is 0.311 e. The van der Waals surface area contributed by atoms with Gasteiger partial charge in [-0.1, -0.05) is 30.1 Å². The quantitative estimate of drug-likeness (QED) is 0.865. The van der Waals surface area contributed by atoms with E-state index < -0.39 is 17.5 Å². The minimum absolute atomic E-state index is 0.367. The second-order valence-electron chi connectivity index (χ2n) is 4.26. The Hall–Kier alpha value is -0.770. The van der Waals surface area contributed by atoms with Crippen molar-refractivity contribution in [2.45, 2.75) is 25.9 Å². The standard InChI is InChI=1S/C13H16Cl2O3/c1-4-9(12(16)18-3)13(2,17)10-7-8(14)5-6-11(10)15/h5-7,9,17H,4H2,1-3H3. The van der Waals surface area contributed by atoms with Crippen molar-refractivity contribution in [1.82, 2.24) is 0 Å². The molecule has 0 bridgehead atoms. The first-order valence-electron chi connectivity index (χ1n) is 5.60. The molecule has 100 valence electrons. The van der Waals surface area contributed by atoms with E-state index in [1.165, 1.54) is 14.0 Å². The molecule has 0 spiro atoms. The summed E-state index contributed by atoms with van der Waals surface area (Å²) in [5.41, 5.74) is -1.00. The maximum absolute atomic E-state index is 11.7. The van der Waals surface area contributed by atoms with Crippen LogP contribution >= 0.6 is 23.2 Å². The summed E-state index contributed by atoms with van der Waals surface area (Å²) in [6.45, 7) is 3.34. The molecular formula is C13H16Cl2O3. The fourth-order valence-electron chi connectivity index (χ4n) is 2.01. The predicted octanol–water partition coefficient (Wildman–Crippen LogP) is 3.40. The highest BCUT2D eigenvalue weighted by Gasteiger charge is 2.39. The summed E-state index contributed by atoms with van der Waals surface area (Å²) in [5, 5.41) is 11.4. The van der Waals surface area contributed by atoms with Crippen molar-refractivity contribution in [3.05, 3.63) is 33.8 Å². The minimum Gasteiger partial charge on any atom is -0.469 e. The zero-order chi connectivity index (χ0) is 13.9. The van der Waals surface area contributed by atoms with E-state index in [0.717, 1.165) is 0 Å². The van der Waals surface area contributed by atoms with Gasteiger partial charge in [-0.25, -0.2) is 0 Å². The van der Waals surface area contributed by atoms with Crippen LogP contribution in [-0.2, 0) is 15.1 Å². The number of aliphatic hydroxyl groups is 1. The second kappa shape index (κ2) is 5.91. The summed E-state index contributed by atoms with van der Waals surface area (Å²) in [6, 6.07) is 4.79. The van der Waals surface area contributed by atoms with Gasteiger partial charge in [0, 0.05) is 15.6 Å². The van der Waals surface area contributed by atoms with Crippen LogP contribution in [0.1, 0.15) is 25.8 Å². The van der Waals surface area contributed by atoms with E-state index in [1.807, 2.05) is 0 Å². The Morgan fingerprint density at radius 3 is 2.61 bits per heavy atom. The van der Waals surface area contributed by atoms with Crippen LogP contribution < -0.4 is 0 Å². The van der Waals surface area contributed by atoms with Crippen LogP contribution in [0.3, 0.4) is 0 Å². The molecule has 18 heavy (non-hydrogen) atoms. The van der Waals surface area contributed by atoms with Gasteiger partial charge in [-0.2, -0.15) is 0 Å². The third kappa shape index (κ3) is 2.97. The average Bonchev–Trinajstić information content (AvgIpc) is 2.32. The molecule has 1 N–H and O–H groups in total. The predicted molar refractivity (Wildman–Crippen MR) is 71.8 cm³/mol. The number of carbonyl (C=O) groups is 1. The van der Waals surface area contributed by atoms with Gasteiger partial charge in [0.15, 0.2) is 0 Å². The van der Waals surface area contributed by atoms with Gasteiger partial charge in [-0.3, -0.25) is 4.79 Å². The first kappa shape index (κ1) is 15.3. The number of hydrogen-bond acceptors (Lipinski definition) is 3. The number of hydrogen-bond donors (Lipinski definition) is 1. The number of esters is 1. The van der Waals surface area contributed by atoms with Gasteiger partial charge in [-0.05, 0) is 31.5 Å². The van der Waals surface area contributed by atoms with Crippen molar-refractivity contribution < 1.29 is 14.6 Å². The number of ether oxygens (including phenoxy) is 1. The lowest BCUT2D eigenvalue weighted by Gasteiger charge is -2.31. The van der Waals surface area contributed by atoms with Crippen molar-refractivity contribution in [3.8, 4) is 0 Å². The fraction of sp³-hybridized carbons (Fsp3) is 0.462. The van der Waals surface area contributed by atoms with Crippen LogP contribution in [0.4, 0.5) is 0 Å². The van der Waals surface area contributed by atoms with Gasteiger partial charge in [0.1, 0.15) is 5.60 Å². The molecule has 0 aliphatic heterocycles. The maximum atomic E-state index is 11.7. The highest BCUT2D eigenvalue weighted by Crippen LogP contribution is 2.37. The van der Waals surface area contributed by atoms with E-state index in [0.29, 0.717) is 22.0 Å². The van der Waals surface area contributed by atoms with E-state index in [-0.39, 0.29) is 0 Å². The lowest BCUT2D eigenvalue weighted by Crippen LogP contribution is -2.37. The lowest BCUT2D eigenvalue weighted by atomic mass is 9.81. The van der Waals surface area contributed by atoms with Crippen LogP contribution in [0.25, 0.3) is 0 Å². The van der Waals surface area contributed by atoms with Crippen LogP contribution in [-0.4, -0.2) is 18.2 Å². The Balaban J connectivity index is 3.25. The molecule has 2 atom stereocenters. The maximum Gasteiger partial charge on any atom is 0.311 e. The average molecular weight is 291 g/mol. The van der Waals surface area contributed by atoms with Crippen molar-refractivity contribution in [2.24, 2.45) is 5.92 Å². The van der Waals surface area contributed by atoms with Crippen molar-refractivity contribution in [2.75, 3.05) is 7.11 Å².